The number of hydrogen-bond donors (Lipinski definition) is 2. The first kappa shape index (κ1) is 20.9. The number of aromatic nitrogens is 2. The normalized spacial score (nSPS) is 10.8. The number of carbonyl (C=O) groups is 2. The Morgan fingerprint density at radius 2 is 1.93 bits per heavy atom. The molecule has 0 bridgehead atoms. The van der Waals surface area contributed by atoms with E-state index in [9.17, 15) is 9.59 Å². The summed E-state index contributed by atoms with van der Waals surface area (Å²) >= 11 is 5.99. The quantitative estimate of drug-likeness (QED) is 0.518. The number of para-hydroxylation sites is 2. The summed E-state index contributed by atoms with van der Waals surface area (Å²) in [7, 11) is 0. The first-order valence-corrected chi connectivity index (χ1v) is 10.2. The molecule has 1 aromatic heterocycles. The summed E-state index contributed by atoms with van der Waals surface area (Å²) in [5.41, 5.74) is 2.43. The Morgan fingerprint density at radius 1 is 1.10 bits per heavy atom. The standard InChI is InChI=1S/C22H25ClN4O2/c1-2-7-21(28)24-13-6-12-20-26-18-10-3-4-11-19(18)27(20)15-22(29)25-17-9-5-8-16(23)14-17/h3-5,8-11,14H,2,6-7,12-13,15H2,1H3,(H,24,28)(H,25,29). The van der Waals surface area contributed by atoms with Crippen LogP contribution in [0.4, 0.5) is 5.69 Å². The van der Waals surface area contributed by atoms with Crippen molar-refractivity contribution in [3.8, 4) is 0 Å². The molecular weight excluding hydrogens is 388 g/mol. The number of rotatable bonds is 9. The second-order valence-corrected chi connectivity index (χ2v) is 7.30. The Morgan fingerprint density at radius 3 is 2.72 bits per heavy atom. The number of imidazole rings is 1. The van der Waals surface area contributed by atoms with E-state index in [4.69, 9.17) is 11.6 Å². The number of carbonyl (C=O) groups excluding carboxylic acids is 2. The lowest BCUT2D eigenvalue weighted by Gasteiger charge is -2.11. The van der Waals surface area contributed by atoms with Gasteiger partial charge in [0.2, 0.25) is 11.8 Å². The number of benzene rings is 2. The number of nitrogens with one attached hydrogen (secondary N) is 2. The van der Waals surface area contributed by atoms with Crippen LogP contribution in [-0.2, 0) is 22.6 Å². The third-order valence-corrected chi connectivity index (χ3v) is 4.76. The SMILES string of the molecule is CCCC(=O)NCCCc1nc2ccccc2n1CC(=O)Nc1cccc(Cl)c1. The Balaban J connectivity index is 1.69. The van der Waals surface area contributed by atoms with Crippen LogP contribution in [0.2, 0.25) is 5.02 Å². The van der Waals surface area contributed by atoms with Crippen LogP contribution in [0.25, 0.3) is 11.0 Å². The molecule has 0 saturated heterocycles. The van der Waals surface area contributed by atoms with Gasteiger partial charge in [0.25, 0.3) is 0 Å². The summed E-state index contributed by atoms with van der Waals surface area (Å²) in [4.78, 5) is 28.9. The van der Waals surface area contributed by atoms with Crippen LogP contribution in [0.5, 0.6) is 0 Å². The van der Waals surface area contributed by atoms with Crippen LogP contribution < -0.4 is 10.6 Å². The van der Waals surface area contributed by atoms with Gasteiger partial charge in [0.05, 0.1) is 11.0 Å². The zero-order chi connectivity index (χ0) is 20.6. The van der Waals surface area contributed by atoms with E-state index in [0.717, 1.165) is 29.7 Å². The van der Waals surface area contributed by atoms with E-state index in [1.165, 1.54) is 0 Å². The summed E-state index contributed by atoms with van der Waals surface area (Å²) in [6.45, 7) is 2.73. The topological polar surface area (TPSA) is 76.0 Å². The van der Waals surface area contributed by atoms with E-state index in [0.29, 0.717) is 30.1 Å². The molecule has 6 nitrogen and oxygen atoms in total. The molecule has 0 aliphatic heterocycles. The van der Waals surface area contributed by atoms with E-state index in [2.05, 4.69) is 15.6 Å². The zero-order valence-corrected chi connectivity index (χ0v) is 17.2. The predicted octanol–water partition coefficient (Wildman–Crippen LogP) is 4.18. The first-order chi connectivity index (χ1) is 14.1. The minimum Gasteiger partial charge on any atom is -0.356 e. The predicted molar refractivity (Wildman–Crippen MR) is 116 cm³/mol. The number of halogens is 1. The smallest absolute Gasteiger partial charge is 0.244 e. The highest BCUT2D eigenvalue weighted by Gasteiger charge is 2.14. The van der Waals surface area contributed by atoms with Gasteiger partial charge in [-0.2, -0.15) is 0 Å². The van der Waals surface area contributed by atoms with Crippen molar-refractivity contribution in [3.05, 3.63) is 59.4 Å². The fourth-order valence-corrected chi connectivity index (χ4v) is 3.38. The van der Waals surface area contributed by atoms with Gasteiger partial charge in [-0.3, -0.25) is 9.59 Å². The molecule has 152 valence electrons. The fourth-order valence-electron chi connectivity index (χ4n) is 3.19. The average molecular weight is 413 g/mol. The Hall–Kier alpha value is -2.86. The van der Waals surface area contributed by atoms with E-state index < -0.39 is 0 Å². The largest absolute Gasteiger partial charge is 0.356 e. The van der Waals surface area contributed by atoms with Gasteiger partial charge >= 0.3 is 0 Å². The third kappa shape index (κ3) is 5.81. The minimum atomic E-state index is -0.145. The van der Waals surface area contributed by atoms with Crippen LogP contribution >= 0.6 is 11.6 Å². The summed E-state index contributed by atoms with van der Waals surface area (Å²) in [6.07, 6.45) is 2.81. The fraction of sp³-hybridized carbons (Fsp3) is 0.318. The molecule has 0 saturated carbocycles. The molecule has 0 aliphatic carbocycles. The Labute approximate surface area is 175 Å². The highest BCUT2D eigenvalue weighted by molar-refractivity contribution is 6.30. The van der Waals surface area contributed by atoms with Gasteiger partial charge < -0.3 is 15.2 Å². The average Bonchev–Trinajstić information content (AvgIpc) is 3.03. The van der Waals surface area contributed by atoms with Crippen molar-refractivity contribution in [2.45, 2.75) is 39.2 Å². The molecule has 2 N–H and O–H groups in total. The molecule has 3 rings (SSSR count). The molecule has 29 heavy (non-hydrogen) atoms. The number of amides is 2. The molecule has 0 atom stereocenters. The number of nitrogens with zero attached hydrogens (tertiary/aromatic N) is 2. The molecule has 7 heteroatoms. The van der Waals surface area contributed by atoms with Crippen molar-refractivity contribution < 1.29 is 9.59 Å². The van der Waals surface area contributed by atoms with E-state index in [-0.39, 0.29) is 18.4 Å². The minimum absolute atomic E-state index is 0.0712. The number of fused-ring (bicyclic) bond motifs is 1. The summed E-state index contributed by atoms with van der Waals surface area (Å²) in [5, 5.41) is 6.37. The van der Waals surface area contributed by atoms with Crippen molar-refractivity contribution >= 4 is 40.1 Å². The van der Waals surface area contributed by atoms with Gasteiger partial charge in [0.15, 0.2) is 0 Å². The molecule has 0 aliphatic rings. The van der Waals surface area contributed by atoms with Crippen molar-refractivity contribution in [2.24, 2.45) is 0 Å². The third-order valence-electron chi connectivity index (χ3n) is 4.52. The Kier molecular flexibility index (Phi) is 7.25. The van der Waals surface area contributed by atoms with Crippen LogP contribution in [0.1, 0.15) is 32.0 Å². The number of hydrogen-bond acceptors (Lipinski definition) is 3. The molecule has 0 fully saturated rings. The molecule has 1 heterocycles. The number of anilines is 1. The monoisotopic (exact) mass is 412 g/mol. The van der Waals surface area contributed by atoms with E-state index in [1.54, 1.807) is 24.3 Å². The maximum absolute atomic E-state index is 12.6. The maximum Gasteiger partial charge on any atom is 0.244 e. The molecule has 3 aromatic rings. The van der Waals surface area contributed by atoms with Gasteiger partial charge in [-0.25, -0.2) is 4.98 Å². The van der Waals surface area contributed by atoms with Gasteiger partial charge in [-0.1, -0.05) is 36.7 Å². The molecule has 0 radical (unpaired) electrons. The van der Waals surface area contributed by atoms with Crippen LogP contribution in [0.15, 0.2) is 48.5 Å². The molecule has 2 aromatic carbocycles. The van der Waals surface area contributed by atoms with Crippen LogP contribution in [0, 0.1) is 0 Å². The molecular formula is C22H25ClN4O2. The van der Waals surface area contributed by atoms with Crippen LogP contribution in [-0.4, -0.2) is 27.9 Å². The lowest BCUT2D eigenvalue weighted by Crippen LogP contribution is -2.25. The lowest BCUT2D eigenvalue weighted by molar-refractivity contribution is -0.121. The van der Waals surface area contributed by atoms with Crippen molar-refractivity contribution in [2.75, 3.05) is 11.9 Å². The highest BCUT2D eigenvalue weighted by Crippen LogP contribution is 2.18. The van der Waals surface area contributed by atoms with Crippen molar-refractivity contribution in [3.63, 3.8) is 0 Å². The maximum atomic E-state index is 12.6. The Bertz CT molecular complexity index is 999. The second kappa shape index (κ2) is 10.1. The summed E-state index contributed by atoms with van der Waals surface area (Å²) in [5.74, 6) is 0.756. The molecule has 2 amide bonds. The van der Waals surface area contributed by atoms with Crippen molar-refractivity contribution in [1.82, 2.24) is 14.9 Å². The molecule has 0 unspecified atom stereocenters. The van der Waals surface area contributed by atoms with Gasteiger partial charge in [0, 0.05) is 30.1 Å². The van der Waals surface area contributed by atoms with Crippen molar-refractivity contribution in [1.29, 1.82) is 0 Å². The van der Waals surface area contributed by atoms with Gasteiger partial charge in [-0.05, 0) is 43.2 Å². The summed E-state index contributed by atoms with van der Waals surface area (Å²) in [6, 6.07) is 14.8. The van der Waals surface area contributed by atoms with E-state index in [1.807, 2.05) is 35.8 Å². The molecule has 0 spiro atoms. The van der Waals surface area contributed by atoms with Gasteiger partial charge in [-0.15, -0.1) is 0 Å². The lowest BCUT2D eigenvalue weighted by atomic mass is 10.2. The second-order valence-electron chi connectivity index (χ2n) is 6.86. The number of aryl methyl sites for hydroxylation is 1. The zero-order valence-electron chi connectivity index (χ0n) is 16.5. The summed E-state index contributed by atoms with van der Waals surface area (Å²) < 4.78 is 1.93. The van der Waals surface area contributed by atoms with Crippen LogP contribution in [0.3, 0.4) is 0 Å². The first-order valence-electron chi connectivity index (χ1n) is 9.83. The van der Waals surface area contributed by atoms with E-state index >= 15 is 0 Å². The highest BCUT2D eigenvalue weighted by atomic mass is 35.5. The van der Waals surface area contributed by atoms with Gasteiger partial charge in [0.1, 0.15) is 12.4 Å².